The van der Waals surface area contributed by atoms with Crippen LogP contribution in [0.25, 0.3) is 38.6 Å². The predicted molar refractivity (Wildman–Crippen MR) is 207 cm³/mol. The fraction of sp³-hybridized carbons (Fsp3) is 0.136. The number of ether oxygens (including phenoxy) is 1. The topological polar surface area (TPSA) is 51.9 Å². The second-order valence-corrected chi connectivity index (χ2v) is 14.7. The molecule has 0 fully saturated rings. The molecule has 0 amide bonds. The van der Waals surface area contributed by atoms with Gasteiger partial charge in [0.25, 0.3) is 0 Å². The summed E-state index contributed by atoms with van der Waals surface area (Å²) in [6.45, 7) is 9.48. The third kappa shape index (κ3) is 4.24. The maximum atomic E-state index is 6.69. The molecule has 0 N–H and O–H groups in total. The van der Waals surface area contributed by atoms with Gasteiger partial charge < -0.3 is 14.2 Å². The number of hydrogen-bond donors (Lipinski definition) is 0. The molecule has 2 aliphatic rings. The molecule has 7 heteroatoms. The fourth-order valence-electron chi connectivity index (χ4n) is 8.20. The maximum absolute atomic E-state index is 6.69. The summed E-state index contributed by atoms with van der Waals surface area (Å²) < 4.78 is 15.6. The molecular weight excluding hydrogens is 627 g/mol. The maximum Gasteiger partial charge on any atom is 0.525 e. The van der Waals surface area contributed by atoms with Crippen molar-refractivity contribution < 1.29 is 9.39 Å². The van der Waals surface area contributed by atoms with Crippen LogP contribution in [-0.2, 0) is 10.8 Å². The largest absolute Gasteiger partial charge is 0.535 e. The molecule has 0 spiro atoms. The first-order chi connectivity index (χ1) is 24.8. The van der Waals surface area contributed by atoms with Crippen molar-refractivity contribution in [3.8, 4) is 28.5 Å². The minimum Gasteiger partial charge on any atom is -0.535 e. The molecule has 0 unspecified atom stereocenters. The van der Waals surface area contributed by atoms with E-state index in [-0.39, 0.29) is 17.9 Å². The lowest BCUT2D eigenvalue weighted by atomic mass is 9.60. The van der Waals surface area contributed by atoms with Gasteiger partial charge in [-0.1, -0.05) is 113 Å². The van der Waals surface area contributed by atoms with Gasteiger partial charge in [-0.3, -0.25) is 4.40 Å². The van der Waals surface area contributed by atoms with E-state index in [1.807, 2.05) is 42.5 Å². The van der Waals surface area contributed by atoms with E-state index < -0.39 is 0 Å². The minimum absolute atomic E-state index is 0.128. The average Bonchev–Trinajstić information content (AvgIpc) is 3.76. The van der Waals surface area contributed by atoms with E-state index in [1.54, 1.807) is 6.20 Å². The molecule has 8 aromatic rings. The Morgan fingerprint density at radius 3 is 2.25 bits per heavy atom. The Hall–Kier alpha value is -6.08. The van der Waals surface area contributed by atoms with Gasteiger partial charge in [0.15, 0.2) is 5.82 Å². The molecule has 0 atom stereocenters. The molecule has 246 valence electrons. The number of rotatable bonds is 5. The van der Waals surface area contributed by atoms with E-state index in [1.165, 1.54) is 22.2 Å². The van der Waals surface area contributed by atoms with Gasteiger partial charge in [0.2, 0.25) is 0 Å². The van der Waals surface area contributed by atoms with E-state index in [9.17, 15) is 0 Å². The monoisotopic (exact) mass is 662 g/mol. The molecule has 51 heavy (non-hydrogen) atoms. The highest BCUT2D eigenvalue weighted by atomic mass is 16.5. The lowest BCUT2D eigenvalue weighted by Gasteiger charge is -2.46. The molecule has 0 bridgehead atoms. The number of fused-ring (bicyclic) bond motifs is 4. The van der Waals surface area contributed by atoms with Gasteiger partial charge in [-0.15, -0.1) is 0 Å². The summed E-state index contributed by atoms with van der Waals surface area (Å²) in [5, 5.41) is 3.44. The van der Waals surface area contributed by atoms with Crippen LogP contribution in [0.5, 0.6) is 17.2 Å². The normalized spacial score (nSPS) is 15.5. The molecule has 0 radical (unpaired) electrons. The molecule has 0 saturated heterocycles. The van der Waals surface area contributed by atoms with Crippen LogP contribution in [0.15, 0.2) is 140 Å². The zero-order valence-corrected chi connectivity index (χ0v) is 29.0. The van der Waals surface area contributed by atoms with Gasteiger partial charge in [-0.2, -0.15) is 0 Å². The molecule has 2 aliphatic heterocycles. The zero-order valence-electron chi connectivity index (χ0n) is 29.0. The Bertz CT molecular complexity index is 2670. The SMILES string of the molecule is CC1(C)c2cccc3c4ccc(Oc5cccc(N6B(c7ccccc7)Oc7cccnc76)c5)cc4c4nc(-c5ccccc5)c(n4c23)C1(C)C. The first-order valence-corrected chi connectivity index (χ1v) is 17.5. The number of aromatic nitrogens is 3. The van der Waals surface area contributed by atoms with Gasteiger partial charge in [0, 0.05) is 45.1 Å². The molecule has 0 aliphatic carbocycles. The lowest BCUT2D eigenvalue weighted by molar-refractivity contribution is 0.289. The number of nitrogens with zero attached hydrogens (tertiary/aromatic N) is 4. The number of imidazole rings is 1. The van der Waals surface area contributed by atoms with Crippen LogP contribution in [0.1, 0.15) is 39.0 Å². The number of benzene rings is 5. The summed E-state index contributed by atoms with van der Waals surface area (Å²) in [5.41, 5.74) is 8.58. The molecule has 0 saturated carbocycles. The third-order valence-corrected chi connectivity index (χ3v) is 11.4. The van der Waals surface area contributed by atoms with Crippen molar-refractivity contribution in [2.45, 2.75) is 38.5 Å². The summed E-state index contributed by atoms with van der Waals surface area (Å²) in [6, 6.07) is 46.0. The Labute approximate surface area is 297 Å². The Kier molecular flexibility index (Phi) is 6.26. The second kappa shape index (κ2) is 10.7. The van der Waals surface area contributed by atoms with Crippen molar-refractivity contribution in [1.82, 2.24) is 14.4 Å². The molecular formula is C44H35BN4O2. The molecule has 6 nitrogen and oxygen atoms in total. The minimum atomic E-state index is -0.347. The standard InChI is InChI=1S/C44H35BN4O2/c1-43(2)36-21-12-20-34-33-24-23-32(27-35(33)41-47-38(28-14-7-5-8-15-28)40(44(43,3)4)48(41)39(34)36)50-31-19-11-18-30(26-31)49-42-37(22-13-25-46-42)51-45(49)29-16-9-6-10-17-29/h5-27H,1-4H3. The number of hydrogen-bond acceptors (Lipinski definition) is 5. The average molecular weight is 663 g/mol. The number of para-hydroxylation sites is 1. The van der Waals surface area contributed by atoms with Crippen molar-refractivity contribution in [2.75, 3.05) is 4.81 Å². The summed E-state index contributed by atoms with van der Waals surface area (Å²) in [4.78, 5) is 12.3. The first-order valence-electron chi connectivity index (χ1n) is 17.5. The summed E-state index contributed by atoms with van der Waals surface area (Å²) >= 11 is 0. The molecule has 5 aromatic carbocycles. The van der Waals surface area contributed by atoms with Crippen LogP contribution >= 0.6 is 0 Å². The summed E-state index contributed by atoms with van der Waals surface area (Å²) in [7, 11) is -0.347. The van der Waals surface area contributed by atoms with Crippen LogP contribution in [0.2, 0.25) is 0 Å². The Morgan fingerprint density at radius 1 is 0.667 bits per heavy atom. The highest BCUT2D eigenvalue weighted by molar-refractivity contribution is 6.74. The van der Waals surface area contributed by atoms with Gasteiger partial charge in [-0.25, -0.2) is 9.97 Å². The highest BCUT2D eigenvalue weighted by Crippen LogP contribution is 2.54. The fourth-order valence-corrected chi connectivity index (χ4v) is 8.20. The van der Waals surface area contributed by atoms with Crippen LogP contribution < -0.4 is 19.7 Å². The summed E-state index contributed by atoms with van der Waals surface area (Å²) in [6.07, 6.45) is 1.80. The van der Waals surface area contributed by atoms with Crippen molar-refractivity contribution in [2.24, 2.45) is 0 Å². The second-order valence-electron chi connectivity index (χ2n) is 14.7. The van der Waals surface area contributed by atoms with Crippen LogP contribution in [0.4, 0.5) is 11.5 Å². The number of anilines is 2. The van der Waals surface area contributed by atoms with E-state index >= 15 is 0 Å². The zero-order chi connectivity index (χ0) is 34.5. The van der Waals surface area contributed by atoms with Gasteiger partial charge in [0.1, 0.15) is 22.9 Å². The van der Waals surface area contributed by atoms with Gasteiger partial charge >= 0.3 is 7.05 Å². The van der Waals surface area contributed by atoms with Gasteiger partial charge in [0.05, 0.1) is 16.9 Å². The predicted octanol–water partition coefficient (Wildman–Crippen LogP) is 9.99. The van der Waals surface area contributed by atoms with Crippen molar-refractivity contribution in [3.05, 3.63) is 151 Å². The quantitative estimate of drug-likeness (QED) is 0.136. The van der Waals surface area contributed by atoms with Crippen molar-refractivity contribution in [1.29, 1.82) is 0 Å². The van der Waals surface area contributed by atoms with Crippen LogP contribution in [-0.4, -0.2) is 21.4 Å². The van der Waals surface area contributed by atoms with E-state index in [0.717, 1.165) is 61.9 Å². The Morgan fingerprint density at radius 2 is 1.43 bits per heavy atom. The van der Waals surface area contributed by atoms with Gasteiger partial charge in [-0.05, 0) is 58.9 Å². The van der Waals surface area contributed by atoms with Crippen LogP contribution in [0.3, 0.4) is 0 Å². The van der Waals surface area contributed by atoms with E-state index in [2.05, 4.69) is 128 Å². The lowest BCUT2D eigenvalue weighted by Crippen LogP contribution is -2.47. The molecule has 3 aromatic heterocycles. The Balaban J connectivity index is 1.13. The molecule has 10 rings (SSSR count). The highest BCUT2D eigenvalue weighted by Gasteiger charge is 2.48. The van der Waals surface area contributed by atoms with E-state index in [0.29, 0.717) is 0 Å². The number of pyridine rings is 2. The summed E-state index contributed by atoms with van der Waals surface area (Å²) in [5.74, 6) is 3.00. The first kappa shape index (κ1) is 29.8. The van der Waals surface area contributed by atoms with E-state index in [4.69, 9.17) is 19.4 Å². The third-order valence-electron chi connectivity index (χ3n) is 11.4. The van der Waals surface area contributed by atoms with Crippen molar-refractivity contribution in [3.63, 3.8) is 0 Å². The smallest absolute Gasteiger partial charge is 0.525 e. The molecule has 5 heterocycles. The van der Waals surface area contributed by atoms with Crippen LogP contribution in [0, 0.1) is 0 Å². The van der Waals surface area contributed by atoms with Crippen molar-refractivity contribution >= 4 is 51.3 Å².